The van der Waals surface area contributed by atoms with Gasteiger partial charge in [0, 0.05) is 6.42 Å². The van der Waals surface area contributed by atoms with Gasteiger partial charge in [0.15, 0.2) is 0 Å². The number of nitrogens with zero attached hydrogens (tertiary/aromatic N) is 3. The largest absolute Gasteiger partial charge is 0.386 e. The summed E-state index contributed by atoms with van der Waals surface area (Å²) in [7, 11) is 0. The average Bonchev–Trinajstić information content (AvgIpc) is 3.00. The van der Waals surface area contributed by atoms with Crippen molar-refractivity contribution in [1.29, 1.82) is 0 Å². The van der Waals surface area contributed by atoms with Gasteiger partial charge in [-0.1, -0.05) is 42.5 Å². The maximum absolute atomic E-state index is 10.3. The Morgan fingerprint density at radius 1 is 1.05 bits per heavy atom. The molecular formula is C17H17N3O. The maximum Gasteiger partial charge on any atom is 0.112 e. The van der Waals surface area contributed by atoms with Crippen molar-refractivity contribution >= 4 is 0 Å². The van der Waals surface area contributed by atoms with Crippen molar-refractivity contribution in [3.8, 4) is 5.69 Å². The van der Waals surface area contributed by atoms with Gasteiger partial charge in [-0.3, -0.25) is 0 Å². The molecule has 4 heteroatoms. The number of hydrogen-bond acceptors (Lipinski definition) is 3. The third-order valence-electron chi connectivity index (χ3n) is 3.51. The van der Waals surface area contributed by atoms with Crippen LogP contribution in [0, 0.1) is 6.92 Å². The number of rotatable bonds is 4. The second-order valence-corrected chi connectivity index (χ2v) is 5.04. The summed E-state index contributed by atoms with van der Waals surface area (Å²) in [6.07, 6.45) is 1.51. The SMILES string of the molecule is Cc1ccccc1CC(O)c1cnn(-c2ccccc2)n1. The van der Waals surface area contributed by atoms with Gasteiger partial charge in [0.25, 0.3) is 0 Å². The third kappa shape index (κ3) is 3.01. The van der Waals surface area contributed by atoms with Gasteiger partial charge in [0.2, 0.25) is 0 Å². The lowest BCUT2D eigenvalue weighted by Gasteiger charge is -2.09. The molecule has 0 amide bonds. The van der Waals surface area contributed by atoms with E-state index >= 15 is 0 Å². The molecule has 0 aliphatic carbocycles. The van der Waals surface area contributed by atoms with Gasteiger partial charge >= 0.3 is 0 Å². The van der Waals surface area contributed by atoms with Crippen LogP contribution in [0.4, 0.5) is 0 Å². The number of benzene rings is 2. The van der Waals surface area contributed by atoms with Crippen molar-refractivity contribution in [3.63, 3.8) is 0 Å². The van der Waals surface area contributed by atoms with E-state index in [0.717, 1.165) is 11.3 Å². The molecule has 0 spiro atoms. The molecule has 0 aliphatic heterocycles. The van der Waals surface area contributed by atoms with Crippen LogP contribution >= 0.6 is 0 Å². The van der Waals surface area contributed by atoms with Gasteiger partial charge in [0.1, 0.15) is 11.8 Å². The Balaban J connectivity index is 1.79. The Hall–Kier alpha value is -2.46. The highest BCUT2D eigenvalue weighted by Crippen LogP contribution is 2.18. The van der Waals surface area contributed by atoms with Crippen LogP contribution in [-0.2, 0) is 6.42 Å². The van der Waals surface area contributed by atoms with Gasteiger partial charge in [-0.2, -0.15) is 15.0 Å². The Bertz CT molecular complexity index is 722. The molecule has 0 saturated carbocycles. The van der Waals surface area contributed by atoms with Crippen molar-refractivity contribution in [3.05, 3.63) is 77.6 Å². The van der Waals surface area contributed by atoms with Crippen LogP contribution in [-0.4, -0.2) is 20.1 Å². The molecular weight excluding hydrogens is 262 g/mol. The van der Waals surface area contributed by atoms with Gasteiger partial charge in [-0.15, -0.1) is 0 Å². The molecule has 1 aromatic heterocycles. The van der Waals surface area contributed by atoms with E-state index in [0.29, 0.717) is 12.1 Å². The Morgan fingerprint density at radius 2 is 1.76 bits per heavy atom. The molecule has 1 N–H and O–H groups in total. The number of aryl methyl sites for hydroxylation is 1. The Morgan fingerprint density at radius 3 is 2.52 bits per heavy atom. The predicted molar refractivity (Wildman–Crippen MR) is 81.2 cm³/mol. The van der Waals surface area contributed by atoms with Crippen LogP contribution in [0.1, 0.15) is 22.9 Å². The van der Waals surface area contributed by atoms with E-state index in [-0.39, 0.29) is 0 Å². The van der Waals surface area contributed by atoms with Crippen molar-refractivity contribution in [2.24, 2.45) is 0 Å². The minimum atomic E-state index is -0.649. The summed E-state index contributed by atoms with van der Waals surface area (Å²) in [5.41, 5.74) is 3.76. The highest BCUT2D eigenvalue weighted by Gasteiger charge is 2.14. The zero-order chi connectivity index (χ0) is 14.7. The van der Waals surface area contributed by atoms with E-state index in [1.54, 1.807) is 6.20 Å². The van der Waals surface area contributed by atoms with Crippen molar-refractivity contribution in [2.75, 3.05) is 0 Å². The minimum Gasteiger partial charge on any atom is -0.386 e. The molecule has 0 radical (unpaired) electrons. The summed E-state index contributed by atoms with van der Waals surface area (Å²) in [6.45, 7) is 2.04. The smallest absolute Gasteiger partial charge is 0.112 e. The van der Waals surface area contributed by atoms with Gasteiger partial charge in [0.05, 0.1) is 11.9 Å². The first-order chi connectivity index (χ1) is 10.2. The molecule has 0 aliphatic rings. The molecule has 1 atom stereocenters. The van der Waals surface area contributed by atoms with Crippen molar-refractivity contribution < 1.29 is 5.11 Å². The van der Waals surface area contributed by atoms with E-state index in [9.17, 15) is 5.11 Å². The monoisotopic (exact) mass is 279 g/mol. The molecule has 106 valence electrons. The number of hydrogen-bond donors (Lipinski definition) is 1. The molecule has 3 aromatic rings. The summed E-state index contributed by atoms with van der Waals surface area (Å²) in [6, 6.07) is 17.7. The first-order valence-corrected chi connectivity index (χ1v) is 6.94. The summed E-state index contributed by atoms with van der Waals surface area (Å²) < 4.78 is 0. The van der Waals surface area contributed by atoms with E-state index in [1.807, 2.05) is 61.5 Å². The normalized spacial score (nSPS) is 12.3. The van der Waals surface area contributed by atoms with Crippen LogP contribution in [0.2, 0.25) is 0 Å². The van der Waals surface area contributed by atoms with Crippen LogP contribution in [0.25, 0.3) is 5.69 Å². The summed E-state index contributed by atoms with van der Waals surface area (Å²) in [5, 5.41) is 18.9. The predicted octanol–water partition coefficient (Wildman–Crippen LogP) is 2.85. The van der Waals surface area contributed by atoms with E-state index in [2.05, 4.69) is 10.2 Å². The van der Waals surface area contributed by atoms with E-state index < -0.39 is 6.10 Å². The fourth-order valence-electron chi connectivity index (χ4n) is 2.27. The van der Waals surface area contributed by atoms with Crippen molar-refractivity contribution in [2.45, 2.75) is 19.4 Å². The number of aliphatic hydroxyl groups is 1. The molecule has 0 bridgehead atoms. The topological polar surface area (TPSA) is 50.9 Å². The van der Waals surface area contributed by atoms with Crippen LogP contribution in [0.3, 0.4) is 0 Å². The van der Waals surface area contributed by atoms with Gasteiger partial charge < -0.3 is 5.11 Å². The number of aromatic nitrogens is 3. The Kier molecular flexibility index (Phi) is 3.79. The second kappa shape index (κ2) is 5.89. The molecule has 21 heavy (non-hydrogen) atoms. The number of para-hydroxylation sites is 1. The molecule has 2 aromatic carbocycles. The lowest BCUT2D eigenvalue weighted by Crippen LogP contribution is -2.05. The average molecular weight is 279 g/mol. The lowest BCUT2D eigenvalue weighted by atomic mass is 10.0. The quantitative estimate of drug-likeness (QED) is 0.799. The van der Waals surface area contributed by atoms with E-state index in [1.165, 1.54) is 10.4 Å². The third-order valence-corrected chi connectivity index (χ3v) is 3.51. The lowest BCUT2D eigenvalue weighted by molar-refractivity contribution is 0.173. The van der Waals surface area contributed by atoms with Crippen LogP contribution < -0.4 is 0 Å². The first kappa shape index (κ1) is 13.5. The summed E-state index contributed by atoms with van der Waals surface area (Å²) in [5.74, 6) is 0. The second-order valence-electron chi connectivity index (χ2n) is 5.04. The van der Waals surface area contributed by atoms with Crippen LogP contribution in [0.15, 0.2) is 60.8 Å². The fraction of sp³-hybridized carbons (Fsp3) is 0.176. The van der Waals surface area contributed by atoms with Crippen molar-refractivity contribution in [1.82, 2.24) is 15.0 Å². The van der Waals surface area contributed by atoms with Gasteiger partial charge in [-0.25, -0.2) is 0 Å². The highest BCUT2D eigenvalue weighted by molar-refractivity contribution is 5.29. The highest BCUT2D eigenvalue weighted by atomic mass is 16.3. The Labute approximate surface area is 123 Å². The van der Waals surface area contributed by atoms with Gasteiger partial charge in [-0.05, 0) is 30.2 Å². The molecule has 3 rings (SSSR count). The minimum absolute atomic E-state index is 0.542. The molecule has 0 fully saturated rings. The summed E-state index contributed by atoms with van der Waals surface area (Å²) in [4.78, 5) is 1.54. The molecule has 0 saturated heterocycles. The molecule has 1 unspecified atom stereocenters. The molecule has 1 heterocycles. The molecule has 4 nitrogen and oxygen atoms in total. The van der Waals surface area contributed by atoms with E-state index in [4.69, 9.17) is 0 Å². The zero-order valence-electron chi connectivity index (χ0n) is 11.8. The summed E-state index contributed by atoms with van der Waals surface area (Å²) >= 11 is 0. The maximum atomic E-state index is 10.3. The number of aliphatic hydroxyl groups excluding tert-OH is 1. The standard InChI is InChI=1S/C17H17N3O/c1-13-7-5-6-8-14(13)11-17(21)16-12-18-20(19-16)15-9-3-2-4-10-15/h2-10,12,17,21H,11H2,1H3. The zero-order valence-corrected chi connectivity index (χ0v) is 11.8. The fourth-order valence-corrected chi connectivity index (χ4v) is 2.27. The van der Waals surface area contributed by atoms with Crippen LogP contribution in [0.5, 0.6) is 0 Å². The first-order valence-electron chi connectivity index (χ1n) is 6.94.